The Hall–Kier alpha value is -2.11. The molecule has 0 radical (unpaired) electrons. The van der Waals surface area contributed by atoms with Crippen molar-refractivity contribution >= 4 is 17.3 Å². The first kappa shape index (κ1) is 14.3. The molecule has 0 unspecified atom stereocenters. The summed E-state index contributed by atoms with van der Waals surface area (Å²) in [4.78, 5) is 21.1. The number of hydrogen-bond acceptors (Lipinski definition) is 4. The van der Waals surface area contributed by atoms with E-state index < -0.39 is 10.9 Å². The molecular formula is C14H18N2O4. The Balaban J connectivity index is 1.99. The third-order valence-electron chi connectivity index (χ3n) is 3.78. The van der Waals surface area contributed by atoms with Crippen LogP contribution in [0.5, 0.6) is 0 Å². The second kappa shape index (κ2) is 6.36. The standard InChI is InChI=1S/C14H18N2O4/c17-14(18)12-6-5-11(9-13(12)16(19)20)15-8-7-10-3-1-2-4-10/h5-6,9-10,15H,1-4,7-8H2,(H,17,18). The summed E-state index contributed by atoms with van der Waals surface area (Å²) in [5.41, 5.74) is -0.0561. The van der Waals surface area contributed by atoms with E-state index in [0.717, 1.165) is 18.9 Å². The molecule has 0 atom stereocenters. The molecule has 1 aliphatic carbocycles. The fourth-order valence-corrected chi connectivity index (χ4v) is 2.69. The van der Waals surface area contributed by atoms with Gasteiger partial charge in [0.05, 0.1) is 4.92 Å². The first-order chi connectivity index (χ1) is 9.58. The van der Waals surface area contributed by atoms with Crippen LogP contribution < -0.4 is 5.32 Å². The van der Waals surface area contributed by atoms with Crippen LogP contribution in [-0.2, 0) is 0 Å². The van der Waals surface area contributed by atoms with E-state index in [0.29, 0.717) is 5.69 Å². The summed E-state index contributed by atoms with van der Waals surface area (Å²) >= 11 is 0. The van der Waals surface area contributed by atoms with Gasteiger partial charge in [-0.15, -0.1) is 0 Å². The molecule has 1 aliphatic rings. The summed E-state index contributed by atoms with van der Waals surface area (Å²) in [5, 5.41) is 22.9. The molecule has 1 saturated carbocycles. The number of carboxylic acid groups (broad SMARTS) is 1. The van der Waals surface area contributed by atoms with Crippen LogP contribution >= 0.6 is 0 Å². The third kappa shape index (κ3) is 3.46. The van der Waals surface area contributed by atoms with Gasteiger partial charge >= 0.3 is 5.97 Å². The van der Waals surface area contributed by atoms with Gasteiger partial charge < -0.3 is 10.4 Å². The topological polar surface area (TPSA) is 92.5 Å². The quantitative estimate of drug-likeness (QED) is 0.615. The van der Waals surface area contributed by atoms with Gasteiger partial charge in [-0.1, -0.05) is 25.7 Å². The summed E-state index contributed by atoms with van der Waals surface area (Å²) in [7, 11) is 0. The lowest BCUT2D eigenvalue weighted by Gasteiger charge is -2.11. The highest BCUT2D eigenvalue weighted by Crippen LogP contribution is 2.28. The number of rotatable bonds is 6. The number of hydrogen-bond donors (Lipinski definition) is 2. The van der Waals surface area contributed by atoms with Crippen molar-refractivity contribution in [2.24, 2.45) is 5.92 Å². The van der Waals surface area contributed by atoms with Gasteiger partial charge in [-0.05, 0) is 24.5 Å². The number of carboxylic acids is 1. The molecule has 0 saturated heterocycles. The third-order valence-corrected chi connectivity index (χ3v) is 3.78. The van der Waals surface area contributed by atoms with Crippen LogP contribution in [0, 0.1) is 16.0 Å². The SMILES string of the molecule is O=C(O)c1ccc(NCCC2CCCC2)cc1[N+](=O)[O-]. The minimum atomic E-state index is -1.28. The molecular weight excluding hydrogens is 260 g/mol. The fourth-order valence-electron chi connectivity index (χ4n) is 2.69. The van der Waals surface area contributed by atoms with E-state index in [1.165, 1.54) is 37.8 Å². The van der Waals surface area contributed by atoms with E-state index >= 15 is 0 Å². The summed E-state index contributed by atoms with van der Waals surface area (Å²) in [6.45, 7) is 0.758. The number of benzene rings is 1. The second-order valence-electron chi connectivity index (χ2n) is 5.16. The highest BCUT2D eigenvalue weighted by Gasteiger charge is 2.20. The van der Waals surface area contributed by atoms with E-state index in [2.05, 4.69) is 5.32 Å². The Morgan fingerprint density at radius 1 is 1.40 bits per heavy atom. The first-order valence-corrected chi connectivity index (χ1v) is 6.83. The lowest BCUT2D eigenvalue weighted by Crippen LogP contribution is -2.08. The molecule has 1 aromatic carbocycles. The summed E-state index contributed by atoms with van der Waals surface area (Å²) < 4.78 is 0. The molecule has 6 heteroatoms. The first-order valence-electron chi connectivity index (χ1n) is 6.83. The van der Waals surface area contributed by atoms with Crippen molar-refractivity contribution in [1.82, 2.24) is 0 Å². The van der Waals surface area contributed by atoms with Gasteiger partial charge in [0.15, 0.2) is 0 Å². The second-order valence-corrected chi connectivity index (χ2v) is 5.16. The molecule has 0 aliphatic heterocycles. The van der Waals surface area contributed by atoms with Crippen LogP contribution in [-0.4, -0.2) is 22.5 Å². The van der Waals surface area contributed by atoms with Gasteiger partial charge in [0.2, 0.25) is 0 Å². The number of anilines is 1. The summed E-state index contributed by atoms with van der Waals surface area (Å²) in [6, 6.07) is 4.14. The maximum absolute atomic E-state index is 10.9. The van der Waals surface area contributed by atoms with Crippen LogP contribution in [0.4, 0.5) is 11.4 Å². The zero-order chi connectivity index (χ0) is 14.5. The number of nitro benzene ring substituents is 1. The molecule has 0 bridgehead atoms. The van der Waals surface area contributed by atoms with Gasteiger partial charge in [0.25, 0.3) is 5.69 Å². The van der Waals surface area contributed by atoms with Crippen molar-refractivity contribution in [3.8, 4) is 0 Å². The lowest BCUT2D eigenvalue weighted by molar-refractivity contribution is -0.385. The van der Waals surface area contributed by atoms with Gasteiger partial charge in [-0.3, -0.25) is 10.1 Å². The number of aromatic carboxylic acids is 1. The average Bonchev–Trinajstić information content (AvgIpc) is 2.91. The van der Waals surface area contributed by atoms with Crippen LogP contribution in [0.1, 0.15) is 42.5 Å². The fraction of sp³-hybridized carbons (Fsp3) is 0.500. The Bertz CT molecular complexity index is 510. The van der Waals surface area contributed by atoms with Crippen LogP contribution in [0.15, 0.2) is 18.2 Å². The smallest absolute Gasteiger partial charge is 0.342 e. The molecule has 2 N–H and O–H groups in total. The Kier molecular flexibility index (Phi) is 4.55. The molecule has 108 valence electrons. The normalized spacial score (nSPS) is 15.2. The van der Waals surface area contributed by atoms with Crippen LogP contribution in [0.25, 0.3) is 0 Å². The minimum Gasteiger partial charge on any atom is -0.477 e. The number of nitrogens with zero attached hydrogens (tertiary/aromatic N) is 1. The van der Waals surface area contributed by atoms with E-state index in [1.54, 1.807) is 6.07 Å². The predicted octanol–water partition coefficient (Wildman–Crippen LogP) is 3.29. The van der Waals surface area contributed by atoms with Crippen molar-refractivity contribution in [3.05, 3.63) is 33.9 Å². The number of nitrogens with one attached hydrogen (secondary N) is 1. The largest absolute Gasteiger partial charge is 0.477 e. The summed E-state index contributed by atoms with van der Waals surface area (Å²) in [6.07, 6.45) is 6.17. The zero-order valence-corrected chi connectivity index (χ0v) is 11.2. The monoisotopic (exact) mass is 278 g/mol. The summed E-state index contributed by atoms with van der Waals surface area (Å²) in [5.74, 6) is -0.537. The van der Waals surface area contributed by atoms with Gasteiger partial charge in [0, 0.05) is 18.3 Å². The molecule has 20 heavy (non-hydrogen) atoms. The number of nitro groups is 1. The van der Waals surface area contributed by atoms with Gasteiger partial charge in [-0.2, -0.15) is 0 Å². The highest BCUT2D eigenvalue weighted by atomic mass is 16.6. The van der Waals surface area contributed by atoms with Gasteiger partial charge in [-0.25, -0.2) is 4.79 Å². The van der Waals surface area contributed by atoms with Crippen molar-refractivity contribution < 1.29 is 14.8 Å². The Morgan fingerprint density at radius 3 is 2.70 bits per heavy atom. The average molecular weight is 278 g/mol. The molecule has 0 heterocycles. The molecule has 0 spiro atoms. The van der Waals surface area contributed by atoms with Gasteiger partial charge in [0.1, 0.15) is 5.56 Å². The molecule has 1 aromatic rings. The van der Waals surface area contributed by atoms with Crippen molar-refractivity contribution in [2.75, 3.05) is 11.9 Å². The van der Waals surface area contributed by atoms with Crippen molar-refractivity contribution in [1.29, 1.82) is 0 Å². The highest BCUT2D eigenvalue weighted by molar-refractivity contribution is 5.93. The molecule has 2 rings (SSSR count). The van der Waals surface area contributed by atoms with E-state index in [4.69, 9.17) is 5.11 Å². The zero-order valence-electron chi connectivity index (χ0n) is 11.2. The molecule has 0 aromatic heterocycles. The molecule has 1 fully saturated rings. The maximum atomic E-state index is 10.9. The Labute approximate surface area is 117 Å². The number of carbonyl (C=O) groups is 1. The van der Waals surface area contributed by atoms with E-state index in [9.17, 15) is 14.9 Å². The Morgan fingerprint density at radius 2 is 2.10 bits per heavy atom. The van der Waals surface area contributed by atoms with Crippen LogP contribution in [0.2, 0.25) is 0 Å². The lowest BCUT2D eigenvalue weighted by atomic mass is 10.0. The van der Waals surface area contributed by atoms with Crippen molar-refractivity contribution in [2.45, 2.75) is 32.1 Å². The molecule has 6 nitrogen and oxygen atoms in total. The van der Waals surface area contributed by atoms with E-state index in [-0.39, 0.29) is 11.3 Å². The predicted molar refractivity (Wildman–Crippen MR) is 75.1 cm³/mol. The minimum absolute atomic E-state index is 0.281. The van der Waals surface area contributed by atoms with Crippen molar-refractivity contribution in [3.63, 3.8) is 0 Å². The van der Waals surface area contributed by atoms with E-state index in [1.807, 2.05) is 0 Å². The van der Waals surface area contributed by atoms with Crippen LogP contribution in [0.3, 0.4) is 0 Å². The molecule has 0 amide bonds. The maximum Gasteiger partial charge on any atom is 0.342 e.